The quantitative estimate of drug-likeness (QED) is 0.860. The van der Waals surface area contributed by atoms with E-state index in [0.29, 0.717) is 5.88 Å². The van der Waals surface area contributed by atoms with Gasteiger partial charge in [-0.1, -0.05) is 23.5 Å². The summed E-state index contributed by atoms with van der Waals surface area (Å²) < 4.78 is 2.57. The molecule has 0 spiro atoms. The zero-order valence-electron chi connectivity index (χ0n) is 9.41. The van der Waals surface area contributed by atoms with Gasteiger partial charge in [-0.2, -0.15) is 0 Å². The lowest BCUT2D eigenvalue weighted by atomic mass is 10.3. The molecule has 0 fully saturated rings. The van der Waals surface area contributed by atoms with Crippen LogP contribution in [-0.2, 0) is 10.7 Å². The van der Waals surface area contributed by atoms with Crippen LogP contribution in [0.1, 0.15) is 0 Å². The third kappa shape index (κ3) is 2.74. The normalized spacial score (nSPS) is 12.7. The number of para-hydroxylation sites is 1. The number of aromatic nitrogens is 1. The fourth-order valence-corrected chi connectivity index (χ4v) is 3.39. The van der Waals surface area contributed by atoms with Crippen molar-refractivity contribution in [2.75, 3.05) is 5.75 Å². The molecule has 96 valence electrons. The number of nitrogens with zero attached hydrogens (tertiary/aromatic N) is 1. The molecular formula is C11H12N2O3S2. The van der Waals surface area contributed by atoms with Crippen LogP contribution in [0.3, 0.4) is 0 Å². The number of benzene rings is 1. The Morgan fingerprint density at radius 1 is 1.50 bits per heavy atom. The Labute approximate surface area is 111 Å². The number of carboxylic acid groups (broad SMARTS) is 1. The smallest absolute Gasteiger partial charge is 0.321 e. The lowest BCUT2D eigenvalue weighted by Gasteiger charge is -2.06. The molecular weight excluding hydrogens is 272 g/mol. The molecule has 1 unspecified atom stereocenters. The highest BCUT2D eigenvalue weighted by Crippen LogP contribution is 2.18. The van der Waals surface area contributed by atoms with Crippen LogP contribution in [0, 0.1) is 0 Å². The molecule has 3 N–H and O–H groups in total. The molecule has 1 aromatic heterocycles. The minimum Gasteiger partial charge on any atom is -0.480 e. The Morgan fingerprint density at radius 2 is 2.22 bits per heavy atom. The van der Waals surface area contributed by atoms with Gasteiger partial charge >= 0.3 is 10.8 Å². The van der Waals surface area contributed by atoms with E-state index in [0.717, 1.165) is 10.2 Å². The zero-order chi connectivity index (χ0) is 13.1. The number of nitrogens with two attached hydrogens (primary N) is 1. The maximum absolute atomic E-state index is 11.8. The van der Waals surface area contributed by atoms with Gasteiger partial charge in [0.05, 0.1) is 16.1 Å². The summed E-state index contributed by atoms with van der Waals surface area (Å²) in [4.78, 5) is 22.3. The molecule has 2 rings (SSSR count). The molecule has 0 saturated heterocycles. The van der Waals surface area contributed by atoms with Gasteiger partial charge in [0.2, 0.25) is 0 Å². The third-order valence-corrected chi connectivity index (χ3v) is 4.40. The molecule has 0 bridgehead atoms. The van der Waals surface area contributed by atoms with Crippen LogP contribution < -0.4 is 10.6 Å². The van der Waals surface area contributed by atoms with E-state index < -0.39 is 12.0 Å². The summed E-state index contributed by atoms with van der Waals surface area (Å²) in [5, 5.41) is 8.66. The highest BCUT2D eigenvalue weighted by Gasteiger charge is 2.12. The standard InChI is InChI=1S/C11H12N2O3S2/c12-7(10(14)15)5-17-6-13-8-3-1-2-4-9(8)18-11(13)16/h1-4,7H,5-6,12H2,(H,14,15). The maximum atomic E-state index is 11.8. The Balaban J connectivity index is 2.10. The van der Waals surface area contributed by atoms with E-state index in [4.69, 9.17) is 10.8 Å². The number of fused-ring (bicyclic) bond motifs is 1. The number of carboxylic acids is 1. The first-order chi connectivity index (χ1) is 8.59. The highest BCUT2D eigenvalue weighted by molar-refractivity contribution is 7.98. The number of carbonyl (C=O) groups is 1. The van der Waals surface area contributed by atoms with Crippen molar-refractivity contribution in [3.8, 4) is 0 Å². The van der Waals surface area contributed by atoms with Crippen molar-refractivity contribution in [2.45, 2.75) is 11.9 Å². The van der Waals surface area contributed by atoms with Gasteiger partial charge in [-0.05, 0) is 12.1 Å². The molecule has 0 aliphatic heterocycles. The van der Waals surface area contributed by atoms with Gasteiger partial charge in [0, 0.05) is 5.75 Å². The van der Waals surface area contributed by atoms with E-state index in [2.05, 4.69) is 0 Å². The molecule has 0 aliphatic rings. The Bertz CT molecular complexity index is 620. The van der Waals surface area contributed by atoms with Crippen molar-refractivity contribution in [1.82, 2.24) is 4.57 Å². The summed E-state index contributed by atoms with van der Waals surface area (Å²) in [7, 11) is 0. The fourth-order valence-electron chi connectivity index (χ4n) is 1.48. The molecule has 7 heteroatoms. The van der Waals surface area contributed by atoms with Gasteiger partial charge in [-0.15, -0.1) is 11.8 Å². The number of hydrogen-bond acceptors (Lipinski definition) is 5. The summed E-state index contributed by atoms with van der Waals surface area (Å²) in [5.74, 6) is -0.319. The van der Waals surface area contributed by atoms with Crippen molar-refractivity contribution in [3.05, 3.63) is 33.9 Å². The summed E-state index contributed by atoms with van der Waals surface area (Å²) in [6, 6.07) is 6.64. The predicted octanol–water partition coefficient (Wildman–Crippen LogP) is 1.17. The third-order valence-electron chi connectivity index (χ3n) is 2.41. The number of thioether (sulfide) groups is 1. The molecule has 2 aromatic rings. The SMILES string of the molecule is NC(CSCn1c(=O)sc2ccccc21)C(=O)O. The summed E-state index contributed by atoms with van der Waals surface area (Å²) in [6.07, 6.45) is 0. The lowest BCUT2D eigenvalue weighted by molar-refractivity contribution is -0.137. The van der Waals surface area contributed by atoms with Gasteiger partial charge in [-0.25, -0.2) is 0 Å². The summed E-state index contributed by atoms with van der Waals surface area (Å²) >= 11 is 2.53. The largest absolute Gasteiger partial charge is 0.480 e. The van der Waals surface area contributed by atoms with Crippen molar-refractivity contribution in [3.63, 3.8) is 0 Å². The molecule has 18 heavy (non-hydrogen) atoms. The van der Waals surface area contributed by atoms with E-state index in [-0.39, 0.29) is 10.6 Å². The molecule has 0 amide bonds. The van der Waals surface area contributed by atoms with E-state index >= 15 is 0 Å². The number of aliphatic carboxylic acids is 1. The van der Waals surface area contributed by atoms with Crippen LogP contribution in [0.25, 0.3) is 10.2 Å². The Kier molecular flexibility index (Phi) is 4.05. The van der Waals surface area contributed by atoms with Gasteiger partial charge in [0.25, 0.3) is 0 Å². The van der Waals surface area contributed by atoms with Gasteiger partial charge in [0.15, 0.2) is 0 Å². The second-order valence-electron chi connectivity index (χ2n) is 3.71. The number of thiazole rings is 1. The van der Waals surface area contributed by atoms with Gasteiger partial charge in [-0.3, -0.25) is 14.2 Å². The van der Waals surface area contributed by atoms with Gasteiger partial charge < -0.3 is 10.8 Å². The molecule has 1 aromatic carbocycles. The van der Waals surface area contributed by atoms with E-state index in [1.54, 1.807) is 4.57 Å². The molecule has 0 aliphatic carbocycles. The van der Waals surface area contributed by atoms with Crippen LogP contribution in [0.15, 0.2) is 29.1 Å². The second-order valence-corrected chi connectivity index (χ2v) is 5.70. The minimum absolute atomic E-state index is 0.0346. The lowest BCUT2D eigenvalue weighted by Crippen LogP contribution is -2.32. The van der Waals surface area contributed by atoms with Gasteiger partial charge in [0.1, 0.15) is 6.04 Å². The van der Waals surface area contributed by atoms with E-state index in [9.17, 15) is 9.59 Å². The number of hydrogen-bond donors (Lipinski definition) is 2. The van der Waals surface area contributed by atoms with Crippen LogP contribution in [0.4, 0.5) is 0 Å². The predicted molar refractivity (Wildman–Crippen MR) is 74.2 cm³/mol. The fraction of sp³-hybridized carbons (Fsp3) is 0.273. The average molecular weight is 284 g/mol. The Morgan fingerprint density at radius 3 is 2.94 bits per heavy atom. The molecule has 0 saturated carbocycles. The maximum Gasteiger partial charge on any atom is 0.321 e. The van der Waals surface area contributed by atoms with Crippen LogP contribution in [0.5, 0.6) is 0 Å². The average Bonchev–Trinajstić information content (AvgIpc) is 2.65. The Hall–Kier alpha value is -1.31. The van der Waals surface area contributed by atoms with Crippen molar-refractivity contribution < 1.29 is 9.90 Å². The van der Waals surface area contributed by atoms with Crippen LogP contribution >= 0.6 is 23.1 Å². The van der Waals surface area contributed by atoms with Crippen molar-refractivity contribution >= 4 is 39.3 Å². The van der Waals surface area contributed by atoms with Crippen molar-refractivity contribution in [1.29, 1.82) is 0 Å². The zero-order valence-corrected chi connectivity index (χ0v) is 11.0. The minimum atomic E-state index is -1.02. The molecule has 1 atom stereocenters. The first-order valence-corrected chi connectivity index (χ1v) is 7.21. The van der Waals surface area contributed by atoms with Crippen LogP contribution in [0.2, 0.25) is 0 Å². The van der Waals surface area contributed by atoms with Crippen LogP contribution in [-0.4, -0.2) is 27.4 Å². The first-order valence-electron chi connectivity index (χ1n) is 5.24. The molecule has 0 radical (unpaired) electrons. The van der Waals surface area contributed by atoms with E-state index in [1.807, 2.05) is 24.3 Å². The van der Waals surface area contributed by atoms with Crippen molar-refractivity contribution in [2.24, 2.45) is 5.73 Å². The molecule has 5 nitrogen and oxygen atoms in total. The summed E-state index contributed by atoms with van der Waals surface area (Å²) in [5.41, 5.74) is 6.28. The monoisotopic (exact) mass is 284 g/mol. The second kappa shape index (κ2) is 5.55. The number of rotatable bonds is 5. The molecule has 1 heterocycles. The highest BCUT2D eigenvalue weighted by atomic mass is 32.2. The first kappa shape index (κ1) is 13.1. The topological polar surface area (TPSA) is 85.3 Å². The summed E-state index contributed by atoms with van der Waals surface area (Å²) in [6.45, 7) is 0. The van der Waals surface area contributed by atoms with E-state index in [1.165, 1.54) is 23.1 Å².